The normalized spacial score (nSPS) is 9.08. The maximum absolute atomic E-state index is 8.81. The Morgan fingerprint density at radius 1 is 1.38 bits per heavy atom. The molecule has 13 heavy (non-hydrogen) atoms. The van der Waals surface area contributed by atoms with Crippen molar-refractivity contribution in [3.05, 3.63) is 30.0 Å². The van der Waals surface area contributed by atoms with Crippen LogP contribution in [0.25, 0.3) is 10.9 Å². The smallest absolute Gasteiger partial charge is 0.116 e. The first kappa shape index (κ1) is 9.45. The monoisotopic (exact) mass is 176 g/mol. The number of carbonyl (C=O) groups is 1. The molecule has 0 aliphatic carbocycles. The Morgan fingerprint density at radius 3 is 2.62 bits per heavy atom. The van der Waals surface area contributed by atoms with Gasteiger partial charge in [-0.05, 0) is 19.9 Å². The van der Waals surface area contributed by atoms with Crippen molar-refractivity contribution in [1.29, 1.82) is 0 Å². The van der Waals surface area contributed by atoms with Crippen LogP contribution < -0.4 is 0 Å². The van der Waals surface area contributed by atoms with Gasteiger partial charge in [-0.3, -0.25) is 5.10 Å². The van der Waals surface area contributed by atoms with Crippen LogP contribution >= 0.6 is 0 Å². The molecular formula is C10H12N2O. The van der Waals surface area contributed by atoms with Crippen molar-refractivity contribution in [3.63, 3.8) is 0 Å². The third kappa shape index (κ3) is 2.15. The summed E-state index contributed by atoms with van der Waals surface area (Å²) in [5, 5.41) is 8.23. The molecule has 1 N–H and O–H groups in total. The van der Waals surface area contributed by atoms with E-state index in [4.69, 9.17) is 4.79 Å². The Morgan fingerprint density at radius 2 is 2.00 bits per heavy atom. The van der Waals surface area contributed by atoms with Crippen LogP contribution in [-0.4, -0.2) is 16.5 Å². The average molecular weight is 176 g/mol. The predicted molar refractivity (Wildman–Crippen MR) is 52.6 cm³/mol. The quantitative estimate of drug-likeness (QED) is 0.624. The Kier molecular flexibility index (Phi) is 3.20. The number of aromatic amines is 1. The zero-order chi connectivity index (χ0) is 9.68. The van der Waals surface area contributed by atoms with Crippen molar-refractivity contribution < 1.29 is 4.79 Å². The molecule has 0 saturated carbocycles. The molecule has 68 valence electrons. The number of fused-ring (bicyclic) bond motifs is 1. The van der Waals surface area contributed by atoms with Crippen molar-refractivity contribution in [2.24, 2.45) is 0 Å². The van der Waals surface area contributed by atoms with E-state index >= 15 is 0 Å². The van der Waals surface area contributed by atoms with E-state index in [1.165, 1.54) is 12.3 Å². The number of benzene rings is 1. The highest BCUT2D eigenvalue weighted by Crippen LogP contribution is 2.12. The number of para-hydroxylation sites is 1. The first-order valence-electron chi connectivity index (χ1n) is 4.09. The molecule has 0 amide bonds. The summed E-state index contributed by atoms with van der Waals surface area (Å²) in [6.07, 6.45) is 0.750. The fourth-order valence-corrected chi connectivity index (χ4v) is 1.09. The molecule has 0 atom stereocenters. The van der Waals surface area contributed by atoms with Crippen molar-refractivity contribution in [2.45, 2.75) is 13.8 Å². The lowest BCUT2D eigenvalue weighted by atomic mass is 10.2. The second-order valence-corrected chi connectivity index (χ2v) is 2.60. The van der Waals surface area contributed by atoms with Crippen molar-refractivity contribution in [1.82, 2.24) is 10.2 Å². The number of hydrogen-bond donors (Lipinski definition) is 1. The summed E-state index contributed by atoms with van der Waals surface area (Å²) in [5.41, 5.74) is 2.18. The second-order valence-electron chi connectivity index (χ2n) is 2.60. The number of nitrogens with one attached hydrogen (secondary N) is 1. The van der Waals surface area contributed by atoms with E-state index in [9.17, 15) is 0 Å². The minimum atomic E-state index is 0.750. The van der Waals surface area contributed by atoms with Gasteiger partial charge < -0.3 is 4.79 Å². The third-order valence-corrected chi connectivity index (χ3v) is 1.65. The van der Waals surface area contributed by atoms with E-state index in [0.717, 1.165) is 17.5 Å². The van der Waals surface area contributed by atoms with Crippen LogP contribution in [0.4, 0.5) is 0 Å². The van der Waals surface area contributed by atoms with Gasteiger partial charge in [0.15, 0.2) is 0 Å². The van der Waals surface area contributed by atoms with Gasteiger partial charge in [-0.25, -0.2) is 0 Å². The number of carbonyl (C=O) groups excluding carboxylic acids is 1. The Bertz CT molecular complexity index is 392. The number of H-pyrrole nitrogens is 1. The van der Waals surface area contributed by atoms with Gasteiger partial charge in [-0.2, -0.15) is 5.10 Å². The minimum Gasteiger partial charge on any atom is -0.304 e. The highest BCUT2D eigenvalue weighted by atomic mass is 16.1. The van der Waals surface area contributed by atoms with Crippen LogP contribution in [0, 0.1) is 6.92 Å². The first-order valence-corrected chi connectivity index (χ1v) is 4.09. The molecule has 0 bridgehead atoms. The van der Waals surface area contributed by atoms with Crippen LogP contribution in [0.1, 0.15) is 12.6 Å². The Hall–Kier alpha value is -1.64. The van der Waals surface area contributed by atoms with E-state index in [1.807, 2.05) is 25.1 Å². The maximum Gasteiger partial charge on any atom is 0.116 e. The summed E-state index contributed by atoms with van der Waals surface area (Å²) < 4.78 is 0. The highest BCUT2D eigenvalue weighted by Gasteiger charge is 1.96. The molecule has 0 aliphatic rings. The van der Waals surface area contributed by atoms with Gasteiger partial charge in [-0.1, -0.05) is 18.2 Å². The molecule has 3 nitrogen and oxygen atoms in total. The summed E-state index contributed by atoms with van der Waals surface area (Å²) in [7, 11) is 0. The molecule has 0 aliphatic heterocycles. The lowest BCUT2D eigenvalue weighted by Gasteiger charge is -1.84. The summed E-state index contributed by atoms with van der Waals surface area (Å²) in [4.78, 5) is 8.81. The number of rotatable bonds is 0. The van der Waals surface area contributed by atoms with Crippen LogP contribution in [0.5, 0.6) is 0 Å². The summed E-state index contributed by atoms with van der Waals surface area (Å²) in [6.45, 7) is 3.47. The molecule has 2 rings (SSSR count). The summed E-state index contributed by atoms with van der Waals surface area (Å²) >= 11 is 0. The van der Waals surface area contributed by atoms with E-state index in [2.05, 4.69) is 16.3 Å². The van der Waals surface area contributed by atoms with E-state index in [-0.39, 0.29) is 0 Å². The zero-order valence-corrected chi connectivity index (χ0v) is 7.74. The molecule has 3 heteroatoms. The van der Waals surface area contributed by atoms with E-state index in [1.54, 1.807) is 0 Å². The molecule has 0 unspecified atom stereocenters. The molecule has 1 aromatic carbocycles. The topological polar surface area (TPSA) is 45.8 Å². The summed E-state index contributed by atoms with van der Waals surface area (Å²) in [5.74, 6) is 0. The van der Waals surface area contributed by atoms with Gasteiger partial charge in [0.1, 0.15) is 6.29 Å². The molecule has 1 heterocycles. The third-order valence-electron chi connectivity index (χ3n) is 1.65. The Labute approximate surface area is 76.8 Å². The van der Waals surface area contributed by atoms with Gasteiger partial charge in [-0.15, -0.1) is 0 Å². The highest BCUT2D eigenvalue weighted by molar-refractivity contribution is 5.80. The zero-order valence-electron chi connectivity index (χ0n) is 7.74. The van der Waals surface area contributed by atoms with Gasteiger partial charge in [0, 0.05) is 11.1 Å². The lowest BCUT2D eigenvalue weighted by Crippen LogP contribution is -1.67. The van der Waals surface area contributed by atoms with Crippen LogP contribution in [0.15, 0.2) is 24.3 Å². The van der Waals surface area contributed by atoms with Crippen molar-refractivity contribution in [2.75, 3.05) is 0 Å². The molecule has 0 fully saturated rings. The summed E-state index contributed by atoms with van der Waals surface area (Å²) in [6, 6.07) is 8.07. The molecular weight excluding hydrogens is 164 g/mol. The van der Waals surface area contributed by atoms with Crippen molar-refractivity contribution >= 4 is 17.2 Å². The van der Waals surface area contributed by atoms with Gasteiger partial charge in [0.2, 0.25) is 0 Å². The van der Waals surface area contributed by atoms with Crippen molar-refractivity contribution in [3.8, 4) is 0 Å². The molecule has 0 radical (unpaired) electrons. The number of hydrogen-bond acceptors (Lipinski definition) is 2. The Balaban J connectivity index is 0.000000251. The van der Waals surface area contributed by atoms with E-state index < -0.39 is 0 Å². The SMILES string of the molecule is CC=O.Cc1[nH]nc2ccccc12. The minimum absolute atomic E-state index is 0.750. The fourth-order valence-electron chi connectivity index (χ4n) is 1.09. The number of aldehydes is 1. The first-order chi connectivity index (χ1) is 6.29. The maximum atomic E-state index is 8.81. The van der Waals surface area contributed by atoms with Gasteiger partial charge in [0.05, 0.1) is 5.52 Å². The number of nitrogens with zero attached hydrogens (tertiary/aromatic N) is 1. The average Bonchev–Trinajstić information content (AvgIpc) is 2.50. The van der Waals surface area contributed by atoms with Crippen LogP contribution in [0.3, 0.4) is 0 Å². The van der Waals surface area contributed by atoms with Gasteiger partial charge >= 0.3 is 0 Å². The second kappa shape index (κ2) is 4.40. The predicted octanol–water partition coefficient (Wildman–Crippen LogP) is 2.08. The standard InChI is InChI=1S/C8H8N2.C2H4O/c1-6-7-4-2-3-5-8(7)10-9-6;1-2-3/h2-5H,1H3,(H,9,10);2H,1H3. The van der Waals surface area contributed by atoms with Gasteiger partial charge in [0.25, 0.3) is 0 Å². The number of aryl methyl sites for hydroxylation is 1. The molecule has 0 saturated heterocycles. The fraction of sp³-hybridized carbons (Fsp3) is 0.200. The van der Waals surface area contributed by atoms with Crippen LogP contribution in [0.2, 0.25) is 0 Å². The largest absolute Gasteiger partial charge is 0.304 e. The molecule has 2 aromatic rings. The number of aromatic nitrogens is 2. The molecule has 1 aromatic heterocycles. The van der Waals surface area contributed by atoms with E-state index in [0.29, 0.717) is 0 Å². The lowest BCUT2D eigenvalue weighted by molar-refractivity contribution is -0.106. The van der Waals surface area contributed by atoms with Crippen LogP contribution in [-0.2, 0) is 4.79 Å². The molecule has 0 spiro atoms.